The van der Waals surface area contributed by atoms with Gasteiger partial charge in [-0.3, -0.25) is 14.2 Å². The molecule has 0 bridgehead atoms. The van der Waals surface area contributed by atoms with Gasteiger partial charge in [0.1, 0.15) is 11.4 Å². The predicted octanol–water partition coefficient (Wildman–Crippen LogP) is 4.59. The number of nitrogens with zero attached hydrogens (tertiary/aromatic N) is 2. The molecule has 35 heavy (non-hydrogen) atoms. The van der Waals surface area contributed by atoms with Crippen molar-refractivity contribution < 1.29 is 14.3 Å². The molecule has 8 heteroatoms. The molecule has 2 aromatic heterocycles. The third-order valence-corrected chi connectivity index (χ3v) is 6.47. The zero-order valence-corrected chi connectivity index (χ0v) is 21.0. The summed E-state index contributed by atoms with van der Waals surface area (Å²) in [6.45, 7) is 7.34. The van der Waals surface area contributed by atoms with Crippen molar-refractivity contribution in [1.29, 1.82) is 0 Å². The van der Waals surface area contributed by atoms with Crippen molar-refractivity contribution in [1.82, 2.24) is 14.9 Å². The lowest BCUT2D eigenvalue weighted by molar-refractivity contribution is -0.121. The normalized spacial score (nSPS) is 10.9. The van der Waals surface area contributed by atoms with Crippen molar-refractivity contribution in [3.05, 3.63) is 75.7 Å². The standard InChI is InChI=1S/C27H29N3O4S/c1-4-33-22-11-8-19(14-23(22)34-5-2)12-13-28-24(31)15-30-17-29-26-25(27(30)32)21(16-35-26)20-9-6-18(3)7-10-20/h6-11,14,16-17H,4-5,12-13,15H2,1-3H3,(H,28,31). The second-order valence-corrected chi connectivity index (χ2v) is 8.98. The summed E-state index contributed by atoms with van der Waals surface area (Å²) in [5, 5.41) is 5.39. The summed E-state index contributed by atoms with van der Waals surface area (Å²) < 4.78 is 12.6. The average molecular weight is 492 g/mol. The first-order valence-corrected chi connectivity index (χ1v) is 12.6. The van der Waals surface area contributed by atoms with Crippen LogP contribution in [0.5, 0.6) is 11.5 Å². The fraction of sp³-hybridized carbons (Fsp3) is 0.296. The van der Waals surface area contributed by atoms with E-state index in [1.807, 2.05) is 68.6 Å². The van der Waals surface area contributed by atoms with E-state index in [-0.39, 0.29) is 18.0 Å². The van der Waals surface area contributed by atoms with E-state index in [1.165, 1.54) is 22.2 Å². The van der Waals surface area contributed by atoms with Crippen LogP contribution in [0.2, 0.25) is 0 Å². The third-order valence-electron chi connectivity index (χ3n) is 5.58. The summed E-state index contributed by atoms with van der Waals surface area (Å²) in [5.41, 5.74) is 3.77. The van der Waals surface area contributed by atoms with Gasteiger partial charge in [0.2, 0.25) is 5.91 Å². The highest BCUT2D eigenvalue weighted by molar-refractivity contribution is 7.17. The summed E-state index contributed by atoms with van der Waals surface area (Å²) in [6.07, 6.45) is 2.08. The Kier molecular flexibility index (Phi) is 7.82. The van der Waals surface area contributed by atoms with Crippen LogP contribution >= 0.6 is 11.3 Å². The molecule has 7 nitrogen and oxygen atoms in total. The molecule has 1 amide bonds. The van der Waals surface area contributed by atoms with Crippen LogP contribution in [-0.4, -0.2) is 35.2 Å². The van der Waals surface area contributed by atoms with E-state index in [0.29, 0.717) is 47.9 Å². The van der Waals surface area contributed by atoms with Crippen LogP contribution in [0, 0.1) is 6.92 Å². The number of rotatable bonds is 10. The smallest absolute Gasteiger partial charge is 0.263 e. The molecule has 0 saturated heterocycles. The molecular weight excluding hydrogens is 462 g/mol. The molecule has 0 aliphatic rings. The van der Waals surface area contributed by atoms with Gasteiger partial charge in [0.25, 0.3) is 5.56 Å². The van der Waals surface area contributed by atoms with Gasteiger partial charge >= 0.3 is 0 Å². The maximum Gasteiger partial charge on any atom is 0.263 e. The van der Waals surface area contributed by atoms with Crippen LogP contribution in [0.4, 0.5) is 0 Å². The molecule has 0 fully saturated rings. The Morgan fingerprint density at radius 3 is 2.54 bits per heavy atom. The minimum atomic E-state index is -0.240. The molecule has 4 rings (SSSR count). The molecule has 1 N–H and O–H groups in total. The second kappa shape index (κ2) is 11.2. The Balaban J connectivity index is 1.42. The van der Waals surface area contributed by atoms with E-state index in [9.17, 15) is 9.59 Å². The van der Waals surface area contributed by atoms with Crippen LogP contribution in [0.25, 0.3) is 21.3 Å². The van der Waals surface area contributed by atoms with Crippen LogP contribution in [0.1, 0.15) is 25.0 Å². The second-order valence-electron chi connectivity index (χ2n) is 8.12. The lowest BCUT2D eigenvalue weighted by atomic mass is 10.1. The maximum absolute atomic E-state index is 13.2. The number of nitrogens with one attached hydrogen (secondary N) is 1. The van der Waals surface area contributed by atoms with E-state index in [1.54, 1.807) is 0 Å². The first kappa shape index (κ1) is 24.5. The van der Waals surface area contributed by atoms with Gasteiger partial charge in [0.15, 0.2) is 11.5 Å². The predicted molar refractivity (Wildman–Crippen MR) is 140 cm³/mol. The van der Waals surface area contributed by atoms with E-state index >= 15 is 0 Å². The number of benzene rings is 2. The number of carbonyl (C=O) groups excluding carboxylic acids is 1. The van der Waals surface area contributed by atoms with Crippen LogP contribution < -0.4 is 20.3 Å². The van der Waals surface area contributed by atoms with Gasteiger partial charge in [-0.1, -0.05) is 35.9 Å². The van der Waals surface area contributed by atoms with Crippen LogP contribution in [0.3, 0.4) is 0 Å². The topological polar surface area (TPSA) is 82.5 Å². The van der Waals surface area contributed by atoms with Crippen molar-refractivity contribution >= 4 is 27.5 Å². The number of amides is 1. The average Bonchev–Trinajstić information content (AvgIpc) is 3.28. The highest BCUT2D eigenvalue weighted by Crippen LogP contribution is 2.31. The van der Waals surface area contributed by atoms with E-state index < -0.39 is 0 Å². The van der Waals surface area contributed by atoms with Crippen molar-refractivity contribution in [2.45, 2.75) is 33.7 Å². The molecule has 0 aliphatic heterocycles. The SMILES string of the molecule is CCOc1ccc(CCNC(=O)Cn2cnc3scc(-c4ccc(C)cc4)c3c2=O)cc1OCC. The largest absolute Gasteiger partial charge is 0.490 e. The quantitative estimate of drug-likeness (QED) is 0.351. The number of hydrogen-bond donors (Lipinski definition) is 1. The molecule has 0 radical (unpaired) electrons. The summed E-state index contributed by atoms with van der Waals surface area (Å²) >= 11 is 1.43. The zero-order valence-electron chi connectivity index (χ0n) is 20.2. The van der Waals surface area contributed by atoms with Gasteiger partial charge in [-0.15, -0.1) is 11.3 Å². The molecule has 0 unspecified atom stereocenters. The lowest BCUT2D eigenvalue weighted by Crippen LogP contribution is -2.33. The Morgan fingerprint density at radius 2 is 1.80 bits per heavy atom. The monoisotopic (exact) mass is 491 g/mol. The maximum atomic E-state index is 13.2. The zero-order chi connectivity index (χ0) is 24.8. The van der Waals surface area contributed by atoms with E-state index in [2.05, 4.69) is 10.3 Å². The molecule has 182 valence electrons. The van der Waals surface area contributed by atoms with Crippen LogP contribution in [0.15, 0.2) is 59.0 Å². The minimum Gasteiger partial charge on any atom is -0.490 e. The molecule has 0 spiro atoms. The molecule has 0 saturated carbocycles. The third kappa shape index (κ3) is 5.71. The first-order chi connectivity index (χ1) is 17.0. The number of aromatic nitrogens is 2. The van der Waals surface area contributed by atoms with Gasteiger partial charge in [0, 0.05) is 17.5 Å². The number of carbonyl (C=O) groups is 1. The van der Waals surface area contributed by atoms with Crippen molar-refractivity contribution in [3.63, 3.8) is 0 Å². The van der Waals surface area contributed by atoms with Crippen molar-refractivity contribution in [3.8, 4) is 22.6 Å². The van der Waals surface area contributed by atoms with E-state index in [0.717, 1.165) is 22.3 Å². The molecule has 0 aliphatic carbocycles. The molecule has 2 heterocycles. The van der Waals surface area contributed by atoms with Gasteiger partial charge in [0.05, 0.1) is 24.9 Å². The lowest BCUT2D eigenvalue weighted by Gasteiger charge is -2.13. The fourth-order valence-corrected chi connectivity index (χ4v) is 4.74. The Morgan fingerprint density at radius 1 is 1.06 bits per heavy atom. The fourth-order valence-electron chi connectivity index (χ4n) is 3.83. The van der Waals surface area contributed by atoms with Crippen molar-refractivity contribution in [2.75, 3.05) is 19.8 Å². The van der Waals surface area contributed by atoms with Crippen molar-refractivity contribution in [2.24, 2.45) is 0 Å². The molecular formula is C27H29N3O4S. The van der Waals surface area contributed by atoms with Gasteiger partial charge in [-0.2, -0.15) is 0 Å². The molecule has 0 atom stereocenters. The highest BCUT2D eigenvalue weighted by atomic mass is 32.1. The Bertz CT molecular complexity index is 1380. The summed E-state index contributed by atoms with van der Waals surface area (Å²) in [5.74, 6) is 1.17. The summed E-state index contributed by atoms with van der Waals surface area (Å²) in [6, 6.07) is 13.8. The van der Waals surface area contributed by atoms with E-state index in [4.69, 9.17) is 9.47 Å². The minimum absolute atomic E-state index is 0.0849. The Labute approximate surface area is 208 Å². The number of aryl methyl sites for hydroxylation is 1. The number of hydrogen-bond acceptors (Lipinski definition) is 6. The summed E-state index contributed by atoms with van der Waals surface area (Å²) in [7, 11) is 0. The van der Waals surface area contributed by atoms with Crippen LogP contribution in [-0.2, 0) is 17.8 Å². The number of ether oxygens (including phenoxy) is 2. The molecule has 4 aromatic rings. The molecule has 2 aromatic carbocycles. The number of thiophene rings is 1. The van der Waals surface area contributed by atoms with Gasteiger partial charge < -0.3 is 14.8 Å². The van der Waals surface area contributed by atoms with Gasteiger partial charge in [-0.25, -0.2) is 4.98 Å². The first-order valence-electron chi connectivity index (χ1n) is 11.7. The summed E-state index contributed by atoms with van der Waals surface area (Å²) in [4.78, 5) is 30.9. The Hall–Kier alpha value is -3.65. The van der Waals surface area contributed by atoms with Gasteiger partial charge in [-0.05, 0) is 50.5 Å². The number of fused-ring (bicyclic) bond motifs is 1. The highest BCUT2D eigenvalue weighted by Gasteiger charge is 2.15.